The van der Waals surface area contributed by atoms with Gasteiger partial charge in [0, 0.05) is 5.39 Å². The molecule has 110 valence electrons. The van der Waals surface area contributed by atoms with E-state index >= 15 is 0 Å². The van der Waals surface area contributed by atoms with Gasteiger partial charge in [-0.3, -0.25) is 4.79 Å². The molecule has 0 saturated heterocycles. The second-order valence-electron chi connectivity index (χ2n) is 4.60. The Kier molecular flexibility index (Phi) is 3.56. The van der Waals surface area contributed by atoms with Gasteiger partial charge in [0.25, 0.3) is 5.91 Å². The maximum Gasteiger partial charge on any atom is 0.335 e. The van der Waals surface area contributed by atoms with E-state index in [-0.39, 0.29) is 22.0 Å². The third kappa shape index (κ3) is 2.66. The van der Waals surface area contributed by atoms with Gasteiger partial charge in [0.2, 0.25) is 0 Å². The van der Waals surface area contributed by atoms with Crippen LogP contribution in [0, 0.1) is 0 Å². The predicted octanol–water partition coefficient (Wildman–Crippen LogP) is 4.04. The van der Waals surface area contributed by atoms with Crippen LogP contribution in [-0.2, 0) is 0 Å². The highest BCUT2D eigenvalue weighted by molar-refractivity contribution is 6.34. The van der Waals surface area contributed by atoms with E-state index in [1.165, 1.54) is 18.2 Å². The van der Waals surface area contributed by atoms with Crippen LogP contribution in [0.4, 0.5) is 5.69 Å². The molecule has 0 saturated carbocycles. The van der Waals surface area contributed by atoms with Gasteiger partial charge in [-0.25, -0.2) is 4.79 Å². The lowest BCUT2D eigenvalue weighted by Crippen LogP contribution is -2.12. The van der Waals surface area contributed by atoms with E-state index in [1.54, 1.807) is 18.2 Å². The standard InChI is InChI=1S/C16H10ClNO4/c17-11-6-5-10(16(20)21)7-12(11)18-15(19)14-8-9-3-1-2-4-13(9)22-14/h1-8H,(H,18,19)(H,20,21). The number of rotatable bonds is 3. The van der Waals surface area contributed by atoms with Crippen LogP contribution < -0.4 is 5.32 Å². The first-order valence-electron chi connectivity index (χ1n) is 6.37. The summed E-state index contributed by atoms with van der Waals surface area (Å²) in [5.41, 5.74) is 0.842. The number of carbonyl (C=O) groups is 2. The summed E-state index contributed by atoms with van der Waals surface area (Å²) in [6.07, 6.45) is 0. The molecule has 0 fully saturated rings. The van der Waals surface area contributed by atoms with Crippen molar-refractivity contribution in [1.82, 2.24) is 0 Å². The van der Waals surface area contributed by atoms with Gasteiger partial charge < -0.3 is 14.8 Å². The fourth-order valence-electron chi connectivity index (χ4n) is 2.03. The fourth-order valence-corrected chi connectivity index (χ4v) is 2.20. The first kappa shape index (κ1) is 14.2. The number of amides is 1. The molecule has 0 aliphatic heterocycles. The Balaban J connectivity index is 1.90. The highest BCUT2D eigenvalue weighted by atomic mass is 35.5. The SMILES string of the molecule is O=C(O)c1ccc(Cl)c(NC(=O)c2cc3ccccc3o2)c1. The lowest BCUT2D eigenvalue weighted by Gasteiger charge is -2.06. The molecular formula is C16H10ClNO4. The van der Waals surface area contributed by atoms with Gasteiger partial charge in [-0.2, -0.15) is 0 Å². The Hall–Kier alpha value is -2.79. The van der Waals surface area contributed by atoms with Crippen LogP contribution in [0.1, 0.15) is 20.9 Å². The summed E-state index contributed by atoms with van der Waals surface area (Å²) in [6.45, 7) is 0. The van der Waals surface area contributed by atoms with Gasteiger partial charge in [0.05, 0.1) is 16.3 Å². The van der Waals surface area contributed by atoms with Crippen LogP contribution >= 0.6 is 11.6 Å². The van der Waals surface area contributed by atoms with Crippen LogP contribution in [-0.4, -0.2) is 17.0 Å². The molecule has 0 bridgehead atoms. The van der Waals surface area contributed by atoms with Crippen molar-refractivity contribution in [3.63, 3.8) is 0 Å². The first-order valence-corrected chi connectivity index (χ1v) is 6.75. The van der Waals surface area contributed by atoms with Crippen molar-refractivity contribution in [2.45, 2.75) is 0 Å². The van der Waals surface area contributed by atoms with Gasteiger partial charge in [0.1, 0.15) is 5.58 Å². The Morgan fingerprint density at radius 3 is 2.59 bits per heavy atom. The minimum atomic E-state index is -1.10. The first-order chi connectivity index (χ1) is 10.5. The van der Waals surface area contributed by atoms with Crippen LogP contribution in [0.3, 0.4) is 0 Å². The number of anilines is 1. The molecule has 3 aromatic rings. The van der Waals surface area contributed by atoms with E-state index in [0.29, 0.717) is 5.58 Å². The highest BCUT2D eigenvalue weighted by Gasteiger charge is 2.15. The molecule has 5 nitrogen and oxygen atoms in total. The molecule has 0 radical (unpaired) electrons. The van der Waals surface area contributed by atoms with Crippen molar-refractivity contribution < 1.29 is 19.1 Å². The number of carbonyl (C=O) groups excluding carboxylic acids is 1. The summed E-state index contributed by atoms with van der Waals surface area (Å²) in [5, 5.41) is 12.6. The van der Waals surface area contributed by atoms with Crippen molar-refractivity contribution in [3.05, 3.63) is 64.9 Å². The second kappa shape index (κ2) is 5.54. The molecule has 1 amide bonds. The summed E-state index contributed by atoms with van der Waals surface area (Å²) in [6, 6.07) is 12.9. The third-order valence-corrected chi connectivity index (χ3v) is 3.44. The topological polar surface area (TPSA) is 79.5 Å². The average Bonchev–Trinajstić information content (AvgIpc) is 2.93. The smallest absolute Gasteiger partial charge is 0.335 e. The van der Waals surface area contributed by atoms with Crippen molar-refractivity contribution in [2.24, 2.45) is 0 Å². The summed E-state index contributed by atoms with van der Waals surface area (Å²) < 4.78 is 5.45. The molecule has 0 unspecified atom stereocenters. The summed E-state index contributed by atoms with van der Waals surface area (Å²) in [5.74, 6) is -1.48. The van der Waals surface area contributed by atoms with Gasteiger partial charge in [-0.05, 0) is 30.3 Å². The minimum Gasteiger partial charge on any atom is -0.478 e. The number of carboxylic acids is 1. The van der Waals surface area contributed by atoms with Crippen molar-refractivity contribution in [3.8, 4) is 0 Å². The maximum absolute atomic E-state index is 12.2. The number of benzene rings is 2. The molecule has 0 spiro atoms. The van der Waals surface area contributed by atoms with Crippen LogP contribution in [0.25, 0.3) is 11.0 Å². The zero-order valence-electron chi connectivity index (χ0n) is 11.2. The van der Waals surface area contributed by atoms with Gasteiger partial charge >= 0.3 is 5.97 Å². The third-order valence-electron chi connectivity index (χ3n) is 3.11. The number of nitrogens with one attached hydrogen (secondary N) is 1. The lowest BCUT2D eigenvalue weighted by molar-refractivity contribution is 0.0696. The molecule has 3 rings (SSSR count). The number of hydrogen-bond acceptors (Lipinski definition) is 3. The number of para-hydroxylation sites is 1. The summed E-state index contributed by atoms with van der Waals surface area (Å²) >= 11 is 5.97. The summed E-state index contributed by atoms with van der Waals surface area (Å²) in [4.78, 5) is 23.2. The lowest BCUT2D eigenvalue weighted by atomic mass is 10.2. The molecule has 0 atom stereocenters. The van der Waals surface area contributed by atoms with Crippen LogP contribution in [0.5, 0.6) is 0 Å². The maximum atomic E-state index is 12.2. The Labute approximate surface area is 130 Å². The van der Waals surface area contributed by atoms with Crippen molar-refractivity contribution in [2.75, 3.05) is 5.32 Å². The van der Waals surface area contributed by atoms with Gasteiger partial charge in [-0.15, -0.1) is 0 Å². The second-order valence-corrected chi connectivity index (χ2v) is 5.01. The quantitative estimate of drug-likeness (QED) is 0.764. The monoisotopic (exact) mass is 315 g/mol. The van der Waals surface area contributed by atoms with Crippen molar-refractivity contribution >= 4 is 40.1 Å². The highest BCUT2D eigenvalue weighted by Crippen LogP contribution is 2.25. The number of aromatic carboxylic acids is 1. The molecule has 6 heteroatoms. The zero-order chi connectivity index (χ0) is 15.7. The van der Waals surface area contributed by atoms with Gasteiger partial charge in [0.15, 0.2) is 5.76 Å². The van der Waals surface area contributed by atoms with Crippen LogP contribution in [0.15, 0.2) is 52.9 Å². The van der Waals surface area contributed by atoms with E-state index in [4.69, 9.17) is 21.1 Å². The normalized spacial score (nSPS) is 10.6. The zero-order valence-corrected chi connectivity index (χ0v) is 11.9. The van der Waals surface area contributed by atoms with Crippen LogP contribution in [0.2, 0.25) is 5.02 Å². The Morgan fingerprint density at radius 2 is 1.86 bits per heavy atom. The average molecular weight is 316 g/mol. The molecule has 0 aliphatic carbocycles. The molecular weight excluding hydrogens is 306 g/mol. The predicted molar refractivity (Wildman–Crippen MR) is 82.6 cm³/mol. The number of furan rings is 1. The molecule has 1 heterocycles. The van der Waals surface area contributed by atoms with E-state index in [0.717, 1.165) is 5.39 Å². The molecule has 22 heavy (non-hydrogen) atoms. The fraction of sp³-hybridized carbons (Fsp3) is 0. The number of halogens is 1. The van der Waals surface area contributed by atoms with Crippen molar-refractivity contribution in [1.29, 1.82) is 0 Å². The molecule has 2 aromatic carbocycles. The number of fused-ring (bicyclic) bond motifs is 1. The molecule has 1 aromatic heterocycles. The number of carboxylic acid groups (broad SMARTS) is 1. The Morgan fingerprint density at radius 1 is 1.09 bits per heavy atom. The minimum absolute atomic E-state index is 0.0318. The Bertz CT molecular complexity index is 852. The summed E-state index contributed by atoms with van der Waals surface area (Å²) in [7, 11) is 0. The molecule has 2 N–H and O–H groups in total. The number of hydrogen-bond donors (Lipinski definition) is 2. The van der Waals surface area contributed by atoms with E-state index in [2.05, 4.69) is 5.32 Å². The van der Waals surface area contributed by atoms with E-state index in [1.807, 2.05) is 12.1 Å². The largest absolute Gasteiger partial charge is 0.478 e. The van der Waals surface area contributed by atoms with Gasteiger partial charge in [-0.1, -0.05) is 29.8 Å². The molecule has 0 aliphatic rings. The van der Waals surface area contributed by atoms with E-state index in [9.17, 15) is 9.59 Å². The van der Waals surface area contributed by atoms with E-state index < -0.39 is 11.9 Å².